The SMILES string of the molecule is Cc1cc(Nc2nc(Nc3ccccc3S(=O)(=O)C(C)C)c3cn[nH]c3n2)c(OC(C)C)cc1C1CCC(N(C)C)CC1.Cc1cc(Nc2nc(Nc3ccccc3S(=O)(=O)C(C)C)c3cn[nH]c3n2)c(OC(C)C)cc1C1CCCCN1.Cc1ccc(S(=O)(=O)C(C)C)c(Nc2nc(Nc3cc(C)c(C4CCCCN4)cc3OC(C)C)nc3[nH]ncc23)c1. The van der Waals surface area contributed by atoms with Crippen LogP contribution in [0.3, 0.4) is 0 Å². The van der Waals surface area contributed by atoms with E-state index in [4.69, 9.17) is 29.2 Å². The van der Waals surface area contributed by atoms with Gasteiger partial charge in [-0.2, -0.15) is 45.2 Å². The van der Waals surface area contributed by atoms with Crippen LogP contribution < -0.4 is 56.7 Å². The largest absolute Gasteiger partial charge is 0.489 e. The summed E-state index contributed by atoms with van der Waals surface area (Å²) in [6, 6.07) is 32.8. The van der Waals surface area contributed by atoms with Gasteiger partial charge in [0.25, 0.3) is 0 Å². The standard InChI is InChI=1S/C32H43N7O3S.C30H39N7O3S.C29H37N7O3S/c1-19(2)42-28-17-24(22-12-14-23(15-13-22)39(6)7)21(5)16-27(28)35-32-36-30(25-18-33-38-31(25)37-32)34-26-10-8-9-11-29(26)43(40,41)20(3)4;1-17(2)40-26-15-21(23-9-7-8-12-31-23)20(6)14-24(26)34-30-35-28(22-16-32-37-29(22)36-30)33-25-13-19(5)10-11-27(25)41(38,39)18(3)4;1-17(2)39-25-15-20(22-10-8-9-13-30-22)19(5)14-24(25)33-29-34-27(21-16-31-36-28(21)35-29)32-23-11-6-7-12-26(23)40(37,38)18(3)4/h8-11,16-20,22-23H,12-15H2,1-7H3,(H3,33,34,35,36,37,38);10-11,13-18,23,31H,7-9,12H2,1-6H3,(H3,32,33,34,35,36,37);6-7,11-12,14-18,22,30H,8-10,13H2,1-5H3,(H3,31,32,33,34,35,36). The molecule has 2 unspecified atom stereocenters. The summed E-state index contributed by atoms with van der Waals surface area (Å²) in [5.74, 6) is 4.96. The number of aromatic nitrogens is 12. The molecule has 0 spiro atoms. The molecule has 2 saturated heterocycles. The van der Waals surface area contributed by atoms with Gasteiger partial charge in [-0.15, -0.1) is 0 Å². The van der Waals surface area contributed by atoms with E-state index in [9.17, 15) is 25.3 Å². The average molecular weight is 1750 g/mol. The molecule has 6 aromatic heterocycles. The van der Waals surface area contributed by atoms with Crippen molar-refractivity contribution in [2.75, 3.05) is 59.1 Å². The van der Waals surface area contributed by atoms with E-state index in [0.717, 1.165) is 89.8 Å². The summed E-state index contributed by atoms with van der Waals surface area (Å²) in [6.07, 6.45) is 16.5. The van der Waals surface area contributed by atoms with Crippen molar-refractivity contribution in [1.29, 1.82) is 0 Å². The highest BCUT2D eigenvalue weighted by Gasteiger charge is 2.32. The van der Waals surface area contributed by atoms with Crippen molar-refractivity contribution in [2.45, 2.75) is 248 Å². The third kappa shape index (κ3) is 21.1. The van der Waals surface area contributed by atoms with Crippen molar-refractivity contribution in [3.63, 3.8) is 0 Å². The second kappa shape index (κ2) is 39.0. The van der Waals surface area contributed by atoms with Crippen LogP contribution >= 0.6 is 0 Å². The maximum absolute atomic E-state index is 13.2. The molecule has 33 heteroatoms. The number of ether oxygens (including phenoxy) is 3. The Hall–Kier alpha value is -11.1. The zero-order valence-electron chi connectivity index (χ0n) is 74.2. The lowest BCUT2D eigenvalue weighted by atomic mass is 9.80. The number of nitrogens with one attached hydrogen (secondary N) is 11. The number of para-hydroxylation sites is 2. The number of hydrogen-bond donors (Lipinski definition) is 11. The van der Waals surface area contributed by atoms with E-state index in [2.05, 4.69) is 164 Å². The highest BCUT2D eigenvalue weighted by molar-refractivity contribution is 7.92. The molecule has 15 rings (SSSR count). The van der Waals surface area contributed by atoms with Crippen LogP contribution in [0, 0.1) is 27.7 Å². The van der Waals surface area contributed by atoms with Crippen LogP contribution in [0.4, 0.5) is 69.4 Å². The van der Waals surface area contributed by atoms with Gasteiger partial charge in [-0.05, 0) is 307 Å². The lowest BCUT2D eigenvalue weighted by Crippen LogP contribution is -2.31. The Kier molecular flexibility index (Phi) is 28.5. The van der Waals surface area contributed by atoms with E-state index >= 15 is 0 Å². The number of fused-ring (bicyclic) bond motifs is 3. The molecule has 2 atom stereocenters. The summed E-state index contributed by atoms with van der Waals surface area (Å²) in [7, 11) is -6.27. The van der Waals surface area contributed by atoms with Gasteiger partial charge in [0.15, 0.2) is 46.5 Å². The van der Waals surface area contributed by atoms with E-state index in [1.165, 1.54) is 60.8 Å². The Morgan fingerprint density at radius 2 is 0.726 bits per heavy atom. The zero-order chi connectivity index (χ0) is 88.6. The second-order valence-corrected chi connectivity index (χ2v) is 41.6. The normalized spacial score (nSPS) is 16.6. The summed E-state index contributed by atoms with van der Waals surface area (Å²) in [5, 5.41) is 48.5. The molecular formula is C91H119N21O9S3. The number of benzene rings is 6. The van der Waals surface area contributed by atoms with Gasteiger partial charge in [-0.3, -0.25) is 15.3 Å². The van der Waals surface area contributed by atoms with Crippen LogP contribution in [-0.4, -0.2) is 158 Å². The average Bonchev–Trinajstić information content (AvgIpc) is 1.45. The van der Waals surface area contributed by atoms with Gasteiger partial charge in [0.2, 0.25) is 17.8 Å². The number of aryl methyl sites for hydroxylation is 4. The number of rotatable bonds is 28. The highest BCUT2D eigenvalue weighted by Crippen LogP contribution is 2.44. The number of hydrogen-bond acceptors (Lipinski definition) is 27. The van der Waals surface area contributed by atoms with Gasteiger partial charge < -0.3 is 61.6 Å². The topological polar surface area (TPSA) is 393 Å². The smallest absolute Gasteiger partial charge is 0.231 e. The molecule has 8 heterocycles. The molecule has 0 bridgehead atoms. The molecule has 124 heavy (non-hydrogen) atoms. The van der Waals surface area contributed by atoms with Crippen molar-refractivity contribution < 1.29 is 39.5 Å². The summed E-state index contributed by atoms with van der Waals surface area (Å²) < 4.78 is 97.4. The van der Waals surface area contributed by atoms with Crippen LogP contribution in [-0.2, 0) is 29.5 Å². The molecule has 1 aliphatic carbocycles. The highest BCUT2D eigenvalue weighted by atomic mass is 32.2. The quantitative estimate of drug-likeness (QED) is 0.0217. The van der Waals surface area contributed by atoms with Crippen LogP contribution in [0.5, 0.6) is 17.2 Å². The van der Waals surface area contributed by atoms with E-state index in [1.807, 2.05) is 54.5 Å². The minimum absolute atomic E-state index is 0.0202. The van der Waals surface area contributed by atoms with Crippen LogP contribution in [0.1, 0.15) is 204 Å². The fourth-order valence-corrected chi connectivity index (χ4v) is 19.5. The van der Waals surface area contributed by atoms with Crippen LogP contribution in [0.2, 0.25) is 0 Å². The van der Waals surface area contributed by atoms with Crippen molar-refractivity contribution in [3.8, 4) is 17.2 Å². The van der Waals surface area contributed by atoms with Crippen molar-refractivity contribution >= 4 is 132 Å². The molecule has 0 radical (unpaired) electrons. The number of H-pyrrole nitrogens is 3. The van der Waals surface area contributed by atoms with Gasteiger partial charge in [0, 0.05) is 18.1 Å². The Morgan fingerprint density at radius 1 is 0.379 bits per heavy atom. The fraction of sp³-hybridized carbons (Fsp3) is 0.440. The van der Waals surface area contributed by atoms with E-state index < -0.39 is 45.3 Å². The first-order chi connectivity index (χ1) is 59.1. The minimum Gasteiger partial charge on any atom is -0.489 e. The van der Waals surface area contributed by atoms with Gasteiger partial charge in [0.05, 0.1) is 118 Å². The van der Waals surface area contributed by atoms with E-state index in [0.29, 0.717) is 110 Å². The molecule has 2 aliphatic heterocycles. The summed E-state index contributed by atoms with van der Waals surface area (Å²) in [4.78, 5) is 31.2. The number of nitrogens with zero attached hydrogens (tertiary/aromatic N) is 10. The Labute approximate surface area is 727 Å². The molecule has 3 fully saturated rings. The maximum Gasteiger partial charge on any atom is 0.231 e. The van der Waals surface area contributed by atoms with Gasteiger partial charge in [-0.25, -0.2) is 25.3 Å². The lowest BCUT2D eigenvalue weighted by molar-refractivity contribution is 0.215. The van der Waals surface area contributed by atoms with E-state index in [-0.39, 0.29) is 33.0 Å². The number of piperidine rings is 2. The fourth-order valence-electron chi connectivity index (χ4n) is 15.9. The zero-order valence-corrected chi connectivity index (χ0v) is 76.6. The molecule has 1 saturated carbocycles. The molecule has 0 amide bonds. The predicted molar refractivity (Wildman–Crippen MR) is 494 cm³/mol. The Bertz CT molecular complexity index is 6130. The second-order valence-electron chi connectivity index (χ2n) is 34.2. The molecule has 3 aliphatic rings. The molecular weight excluding hydrogens is 1630 g/mol. The van der Waals surface area contributed by atoms with Gasteiger partial charge in [-0.1, -0.05) is 43.2 Å². The third-order valence-electron chi connectivity index (χ3n) is 22.5. The van der Waals surface area contributed by atoms with E-state index in [1.54, 1.807) is 121 Å². The molecule has 660 valence electrons. The summed E-state index contributed by atoms with van der Waals surface area (Å²) in [5.41, 5.74) is 13.3. The number of sulfone groups is 3. The van der Waals surface area contributed by atoms with Crippen molar-refractivity contribution in [3.05, 3.63) is 161 Å². The summed E-state index contributed by atoms with van der Waals surface area (Å²) in [6.45, 7) is 32.4. The van der Waals surface area contributed by atoms with Gasteiger partial charge in [0.1, 0.15) is 34.7 Å². The first-order valence-corrected chi connectivity index (χ1v) is 47.6. The molecule has 11 N–H and O–H groups in total. The van der Waals surface area contributed by atoms with Crippen molar-refractivity contribution in [1.82, 2.24) is 76.0 Å². The number of anilines is 12. The Morgan fingerprint density at radius 3 is 1.07 bits per heavy atom. The third-order valence-corrected chi connectivity index (χ3v) is 29.2. The van der Waals surface area contributed by atoms with Crippen LogP contribution in [0.15, 0.2) is 136 Å². The van der Waals surface area contributed by atoms with Crippen molar-refractivity contribution in [2.24, 2.45) is 0 Å². The summed E-state index contributed by atoms with van der Waals surface area (Å²) >= 11 is 0. The minimum atomic E-state index is -3.55. The number of aromatic amines is 3. The molecule has 6 aromatic carbocycles. The first-order valence-electron chi connectivity index (χ1n) is 42.9. The lowest BCUT2D eigenvalue weighted by Gasteiger charge is -2.33. The molecule has 30 nitrogen and oxygen atoms in total. The predicted octanol–water partition coefficient (Wildman–Crippen LogP) is 18.9. The monoisotopic (exact) mass is 1750 g/mol. The van der Waals surface area contributed by atoms with Gasteiger partial charge >= 0.3 is 0 Å². The first kappa shape index (κ1) is 90.6. The maximum atomic E-state index is 13.2. The molecule has 12 aromatic rings. The van der Waals surface area contributed by atoms with Crippen LogP contribution in [0.25, 0.3) is 33.1 Å². The Balaban J connectivity index is 0.000000160.